The Labute approximate surface area is 168 Å². The normalized spacial score (nSPS) is 13.8. The molecule has 1 aromatic heterocycles. The van der Waals surface area contributed by atoms with E-state index in [-0.39, 0.29) is 24.1 Å². The lowest BCUT2D eigenvalue weighted by Gasteiger charge is -2.28. The van der Waals surface area contributed by atoms with Crippen LogP contribution in [0.2, 0.25) is 0 Å². The predicted molar refractivity (Wildman–Crippen MR) is 106 cm³/mol. The van der Waals surface area contributed by atoms with Gasteiger partial charge in [0.2, 0.25) is 5.91 Å². The monoisotopic (exact) mass is 389 g/mol. The van der Waals surface area contributed by atoms with Gasteiger partial charge in [-0.1, -0.05) is 36.4 Å². The van der Waals surface area contributed by atoms with Crippen LogP contribution >= 0.6 is 0 Å². The van der Waals surface area contributed by atoms with Crippen LogP contribution in [0.15, 0.2) is 73.1 Å². The van der Waals surface area contributed by atoms with Crippen molar-refractivity contribution in [1.29, 1.82) is 0 Å². The van der Waals surface area contributed by atoms with Crippen molar-refractivity contribution in [3.8, 4) is 0 Å². The molecule has 6 heteroatoms. The first-order valence-corrected chi connectivity index (χ1v) is 9.42. The summed E-state index contributed by atoms with van der Waals surface area (Å²) in [6.07, 6.45) is 3.45. The van der Waals surface area contributed by atoms with Crippen LogP contribution in [0.5, 0.6) is 0 Å². The Kier molecular flexibility index (Phi) is 5.33. The molecular formula is C23H20FN3O2. The van der Waals surface area contributed by atoms with Gasteiger partial charge < -0.3 is 10.2 Å². The third-order valence-electron chi connectivity index (χ3n) is 5.07. The fraction of sp³-hybridized carbons (Fsp3) is 0.174. The molecule has 0 radical (unpaired) electrons. The number of nitrogens with one attached hydrogen (secondary N) is 1. The van der Waals surface area contributed by atoms with Crippen LogP contribution in [0.1, 0.15) is 39.5 Å². The lowest BCUT2D eigenvalue weighted by atomic mass is 10.0. The van der Waals surface area contributed by atoms with Gasteiger partial charge >= 0.3 is 0 Å². The van der Waals surface area contributed by atoms with Gasteiger partial charge in [-0.05, 0) is 41.0 Å². The average molecular weight is 389 g/mol. The maximum absolute atomic E-state index is 13.4. The second kappa shape index (κ2) is 8.22. The van der Waals surface area contributed by atoms with Crippen molar-refractivity contribution >= 4 is 11.8 Å². The Bertz CT molecular complexity index is 1020. The minimum Gasteiger partial charge on any atom is -0.352 e. The molecule has 5 nitrogen and oxygen atoms in total. The van der Waals surface area contributed by atoms with E-state index in [9.17, 15) is 14.0 Å². The van der Waals surface area contributed by atoms with E-state index in [0.717, 1.165) is 16.7 Å². The van der Waals surface area contributed by atoms with Crippen molar-refractivity contribution in [3.63, 3.8) is 0 Å². The number of carbonyl (C=O) groups is 2. The molecule has 0 unspecified atom stereocenters. The van der Waals surface area contributed by atoms with Gasteiger partial charge in [0, 0.05) is 31.0 Å². The number of hydrogen-bond acceptors (Lipinski definition) is 3. The maximum atomic E-state index is 13.4. The number of hydrogen-bond donors (Lipinski definition) is 1. The Morgan fingerprint density at radius 2 is 1.90 bits per heavy atom. The summed E-state index contributed by atoms with van der Waals surface area (Å²) >= 11 is 0. The molecule has 0 fully saturated rings. The van der Waals surface area contributed by atoms with Crippen LogP contribution in [-0.4, -0.2) is 21.7 Å². The molecule has 1 atom stereocenters. The van der Waals surface area contributed by atoms with Gasteiger partial charge in [0.25, 0.3) is 5.91 Å². The number of benzene rings is 2. The molecule has 0 aliphatic carbocycles. The Balaban J connectivity index is 1.54. The van der Waals surface area contributed by atoms with Gasteiger partial charge in [0.05, 0.1) is 12.5 Å². The molecule has 0 saturated heterocycles. The second-order valence-corrected chi connectivity index (χ2v) is 7.00. The van der Waals surface area contributed by atoms with Crippen LogP contribution < -0.4 is 5.32 Å². The molecule has 3 aromatic rings. The van der Waals surface area contributed by atoms with Crippen LogP contribution in [0.25, 0.3) is 0 Å². The van der Waals surface area contributed by atoms with E-state index < -0.39 is 6.04 Å². The summed E-state index contributed by atoms with van der Waals surface area (Å²) in [6.45, 7) is 0.782. The number of amides is 2. The van der Waals surface area contributed by atoms with Gasteiger partial charge in [-0.3, -0.25) is 14.6 Å². The molecule has 2 aromatic carbocycles. The van der Waals surface area contributed by atoms with Crippen molar-refractivity contribution in [2.75, 3.05) is 0 Å². The molecule has 2 amide bonds. The number of nitrogens with zero attached hydrogens (tertiary/aromatic N) is 2. The van der Waals surface area contributed by atoms with Gasteiger partial charge in [-0.25, -0.2) is 4.39 Å². The number of carbonyl (C=O) groups excluding carboxylic acids is 2. The Hall–Kier alpha value is -3.54. The lowest BCUT2D eigenvalue weighted by Crippen LogP contribution is -2.34. The number of aromatic nitrogens is 1. The second-order valence-electron chi connectivity index (χ2n) is 7.00. The third kappa shape index (κ3) is 4.16. The Morgan fingerprint density at radius 1 is 1.10 bits per heavy atom. The van der Waals surface area contributed by atoms with Crippen molar-refractivity contribution in [2.24, 2.45) is 0 Å². The van der Waals surface area contributed by atoms with Crippen molar-refractivity contribution in [3.05, 3.63) is 101 Å². The highest BCUT2D eigenvalue weighted by molar-refractivity contribution is 5.98. The summed E-state index contributed by atoms with van der Waals surface area (Å²) in [5, 5.41) is 2.88. The first-order valence-electron chi connectivity index (χ1n) is 9.42. The van der Waals surface area contributed by atoms with Crippen molar-refractivity contribution in [1.82, 2.24) is 15.2 Å². The zero-order valence-corrected chi connectivity index (χ0v) is 15.7. The molecule has 0 spiro atoms. The van der Waals surface area contributed by atoms with Gasteiger partial charge in [-0.2, -0.15) is 0 Å². The number of fused-ring (bicyclic) bond motifs is 1. The van der Waals surface area contributed by atoms with Crippen LogP contribution in [0.3, 0.4) is 0 Å². The molecule has 1 aliphatic heterocycles. The highest BCUT2D eigenvalue weighted by atomic mass is 19.1. The zero-order valence-electron chi connectivity index (χ0n) is 15.7. The number of pyridine rings is 1. The third-order valence-corrected chi connectivity index (χ3v) is 5.07. The van der Waals surface area contributed by atoms with E-state index in [1.165, 1.54) is 12.1 Å². The zero-order chi connectivity index (χ0) is 20.2. The molecule has 29 heavy (non-hydrogen) atoms. The highest BCUT2D eigenvalue weighted by Gasteiger charge is 2.34. The van der Waals surface area contributed by atoms with Gasteiger partial charge in [0.1, 0.15) is 5.82 Å². The summed E-state index contributed by atoms with van der Waals surface area (Å²) in [5.74, 6) is -0.661. The fourth-order valence-corrected chi connectivity index (χ4v) is 3.57. The number of halogens is 1. The van der Waals surface area contributed by atoms with Crippen molar-refractivity contribution in [2.45, 2.75) is 25.6 Å². The van der Waals surface area contributed by atoms with E-state index in [1.54, 1.807) is 35.5 Å². The van der Waals surface area contributed by atoms with Crippen LogP contribution in [0.4, 0.5) is 4.39 Å². The van der Waals surface area contributed by atoms with E-state index in [4.69, 9.17) is 0 Å². The minimum atomic E-state index is -0.482. The van der Waals surface area contributed by atoms with E-state index >= 15 is 0 Å². The first-order chi connectivity index (χ1) is 14.1. The average Bonchev–Trinajstić information content (AvgIpc) is 3.08. The van der Waals surface area contributed by atoms with E-state index in [1.807, 2.05) is 30.3 Å². The first kappa shape index (κ1) is 18.8. The summed E-state index contributed by atoms with van der Waals surface area (Å²) in [4.78, 5) is 31.3. The van der Waals surface area contributed by atoms with E-state index in [0.29, 0.717) is 18.7 Å². The van der Waals surface area contributed by atoms with Crippen LogP contribution in [-0.2, 0) is 17.9 Å². The molecular weight excluding hydrogens is 369 g/mol. The fourth-order valence-electron chi connectivity index (χ4n) is 3.57. The summed E-state index contributed by atoms with van der Waals surface area (Å²) < 4.78 is 13.4. The molecule has 2 heterocycles. The maximum Gasteiger partial charge on any atom is 0.255 e. The van der Waals surface area contributed by atoms with Gasteiger partial charge in [-0.15, -0.1) is 0 Å². The summed E-state index contributed by atoms with van der Waals surface area (Å²) in [5.41, 5.74) is 3.20. The smallest absolute Gasteiger partial charge is 0.255 e. The summed E-state index contributed by atoms with van der Waals surface area (Å²) in [7, 11) is 0. The molecule has 0 saturated carbocycles. The molecule has 146 valence electrons. The molecule has 0 bridgehead atoms. The standard InChI is InChI=1S/C23H20FN3O2/c24-19-9-7-17(8-10-19)21(12-22(28)26-14-16-4-3-11-25-13-16)27-15-18-5-1-2-6-20(18)23(27)29/h1-11,13,21H,12,14-15H2,(H,26,28)/t21-/m1/s1. The SMILES string of the molecule is O=C(C[C@H](c1ccc(F)cc1)N1Cc2ccccc2C1=O)NCc1cccnc1. The minimum absolute atomic E-state index is 0.0889. The lowest BCUT2D eigenvalue weighted by molar-refractivity contribution is -0.122. The molecule has 4 rings (SSSR count). The quantitative estimate of drug-likeness (QED) is 0.700. The highest BCUT2D eigenvalue weighted by Crippen LogP contribution is 2.33. The topological polar surface area (TPSA) is 62.3 Å². The number of rotatable bonds is 6. The largest absolute Gasteiger partial charge is 0.352 e. The Morgan fingerprint density at radius 3 is 2.62 bits per heavy atom. The van der Waals surface area contributed by atoms with Crippen molar-refractivity contribution < 1.29 is 14.0 Å². The van der Waals surface area contributed by atoms with Crippen LogP contribution in [0, 0.1) is 5.82 Å². The van der Waals surface area contributed by atoms with Gasteiger partial charge in [0.15, 0.2) is 0 Å². The predicted octanol–water partition coefficient (Wildman–Crippen LogP) is 3.62. The molecule has 1 aliphatic rings. The summed E-state index contributed by atoms with van der Waals surface area (Å²) in [6, 6.07) is 16.6. The molecule has 1 N–H and O–H groups in total. The van der Waals surface area contributed by atoms with E-state index in [2.05, 4.69) is 10.3 Å².